The molecule has 3 rings (SSSR count). The third-order valence-electron chi connectivity index (χ3n) is 3.27. The van der Waals surface area contributed by atoms with Gasteiger partial charge in [-0.1, -0.05) is 24.3 Å². The smallest absolute Gasteiger partial charge is 0.205 e. The third kappa shape index (κ3) is 3.73. The van der Waals surface area contributed by atoms with Gasteiger partial charge in [-0.15, -0.1) is 11.3 Å². The van der Waals surface area contributed by atoms with Gasteiger partial charge in [-0.25, -0.2) is 9.37 Å². The van der Waals surface area contributed by atoms with Crippen LogP contribution in [-0.2, 0) is 0 Å². The van der Waals surface area contributed by atoms with Gasteiger partial charge in [0, 0.05) is 5.38 Å². The standard InChI is InChI=1S/C17H15FN4S/c1-11-7-14(5-6-15(11)18)13-4-2-3-12(8-13)9-20-22-17-21-16(19)10-23-17/h2-10H,19H2,1H3,(H,21,22). The molecule has 0 amide bonds. The zero-order valence-electron chi connectivity index (χ0n) is 12.5. The highest BCUT2D eigenvalue weighted by Gasteiger charge is 2.02. The molecular weight excluding hydrogens is 311 g/mol. The predicted octanol–water partition coefficient (Wildman–Crippen LogP) is 4.29. The summed E-state index contributed by atoms with van der Waals surface area (Å²) in [7, 11) is 0. The lowest BCUT2D eigenvalue weighted by atomic mass is 10.0. The average Bonchev–Trinajstić information content (AvgIpc) is 2.96. The lowest BCUT2D eigenvalue weighted by molar-refractivity contribution is 0.619. The molecule has 0 bridgehead atoms. The molecule has 0 radical (unpaired) electrons. The molecule has 23 heavy (non-hydrogen) atoms. The van der Waals surface area contributed by atoms with Gasteiger partial charge in [0.1, 0.15) is 11.6 Å². The first-order valence-corrected chi connectivity index (χ1v) is 7.86. The number of nitrogens with zero attached hydrogens (tertiary/aromatic N) is 2. The maximum Gasteiger partial charge on any atom is 0.205 e. The number of rotatable bonds is 4. The van der Waals surface area contributed by atoms with Gasteiger partial charge in [0.25, 0.3) is 0 Å². The Morgan fingerprint density at radius 2 is 2.04 bits per heavy atom. The Hall–Kier alpha value is -2.73. The highest BCUT2D eigenvalue weighted by atomic mass is 32.1. The number of anilines is 2. The van der Waals surface area contributed by atoms with Crippen LogP contribution in [0.1, 0.15) is 11.1 Å². The van der Waals surface area contributed by atoms with Crippen molar-refractivity contribution in [2.75, 3.05) is 11.2 Å². The number of hydrogen-bond donors (Lipinski definition) is 2. The van der Waals surface area contributed by atoms with Crippen LogP contribution < -0.4 is 11.2 Å². The minimum atomic E-state index is -0.196. The number of hydrazone groups is 1. The molecule has 0 aliphatic carbocycles. The minimum absolute atomic E-state index is 0.196. The van der Waals surface area contributed by atoms with Gasteiger partial charge in [-0.05, 0) is 47.4 Å². The fourth-order valence-corrected chi connectivity index (χ4v) is 2.67. The Kier molecular flexibility index (Phi) is 4.34. The Morgan fingerprint density at radius 3 is 2.78 bits per heavy atom. The van der Waals surface area contributed by atoms with Gasteiger partial charge in [-0.2, -0.15) is 5.10 Å². The first-order chi connectivity index (χ1) is 11.1. The van der Waals surface area contributed by atoms with Crippen LogP contribution in [0.15, 0.2) is 52.9 Å². The number of aromatic nitrogens is 1. The number of nitrogen functional groups attached to an aromatic ring is 1. The largest absolute Gasteiger partial charge is 0.383 e. The number of nitrogens with two attached hydrogens (primary N) is 1. The van der Waals surface area contributed by atoms with Crippen LogP contribution in [0.3, 0.4) is 0 Å². The number of benzene rings is 2. The summed E-state index contributed by atoms with van der Waals surface area (Å²) in [4.78, 5) is 4.06. The van der Waals surface area contributed by atoms with Crippen LogP contribution in [0.4, 0.5) is 15.3 Å². The van der Waals surface area contributed by atoms with Crippen molar-refractivity contribution in [3.8, 4) is 11.1 Å². The quantitative estimate of drug-likeness (QED) is 0.555. The molecule has 2 aromatic carbocycles. The summed E-state index contributed by atoms with van der Waals surface area (Å²) in [6.07, 6.45) is 1.71. The first kappa shape index (κ1) is 15.2. The van der Waals surface area contributed by atoms with E-state index in [-0.39, 0.29) is 5.82 Å². The molecule has 4 nitrogen and oxygen atoms in total. The second-order valence-electron chi connectivity index (χ2n) is 5.04. The van der Waals surface area contributed by atoms with E-state index in [2.05, 4.69) is 15.5 Å². The molecule has 0 spiro atoms. The highest BCUT2D eigenvalue weighted by Crippen LogP contribution is 2.22. The normalized spacial score (nSPS) is 11.0. The average molecular weight is 326 g/mol. The molecule has 0 saturated heterocycles. The maximum absolute atomic E-state index is 13.4. The highest BCUT2D eigenvalue weighted by molar-refractivity contribution is 7.14. The summed E-state index contributed by atoms with van der Waals surface area (Å²) < 4.78 is 13.4. The van der Waals surface area contributed by atoms with Crippen LogP contribution in [-0.4, -0.2) is 11.2 Å². The van der Waals surface area contributed by atoms with Crippen molar-refractivity contribution in [3.05, 3.63) is 64.8 Å². The summed E-state index contributed by atoms with van der Waals surface area (Å²) in [6, 6.07) is 13.0. The van der Waals surface area contributed by atoms with E-state index >= 15 is 0 Å². The van der Waals surface area contributed by atoms with Crippen molar-refractivity contribution in [3.63, 3.8) is 0 Å². The molecule has 1 heterocycles. The van der Waals surface area contributed by atoms with Crippen LogP contribution in [0.5, 0.6) is 0 Å². The molecule has 3 aromatic rings. The summed E-state index contributed by atoms with van der Waals surface area (Å²) in [5, 5.41) is 6.54. The molecular formula is C17H15FN4S. The van der Waals surface area contributed by atoms with E-state index in [1.165, 1.54) is 17.4 Å². The van der Waals surface area contributed by atoms with Gasteiger partial charge in [-0.3, -0.25) is 5.43 Å². The van der Waals surface area contributed by atoms with Crippen molar-refractivity contribution in [2.24, 2.45) is 5.10 Å². The van der Waals surface area contributed by atoms with Gasteiger partial charge in [0.15, 0.2) is 0 Å². The van der Waals surface area contributed by atoms with Gasteiger partial charge < -0.3 is 5.73 Å². The fourth-order valence-electron chi connectivity index (χ4n) is 2.12. The van der Waals surface area contributed by atoms with E-state index in [0.717, 1.165) is 16.7 Å². The molecule has 6 heteroatoms. The first-order valence-electron chi connectivity index (χ1n) is 6.98. The van der Waals surface area contributed by atoms with Crippen LogP contribution in [0.25, 0.3) is 11.1 Å². The summed E-state index contributed by atoms with van der Waals surface area (Å²) in [5.41, 5.74) is 11.9. The Labute approximate surface area is 137 Å². The Balaban J connectivity index is 1.78. The molecule has 0 aliphatic heterocycles. The molecule has 1 aromatic heterocycles. The Bertz CT molecular complexity index is 857. The van der Waals surface area contributed by atoms with Gasteiger partial charge >= 0.3 is 0 Å². The zero-order chi connectivity index (χ0) is 16.2. The van der Waals surface area contributed by atoms with Crippen LogP contribution in [0.2, 0.25) is 0 Å². The van der Waals surface area contributed by atoms with Crippen molar-refractivity contribution in [1.82, 2.24) is 4.98 Å². The van der Waals surface area contributed by atoms with E-state index in [1.807, 2.05) is 30.3 Å². The number of hydrogen-bond acceptors (Lipinski definition) is 5. The van der Waals surface area contributed by atoms with Crippen LogP contribution in [0, 0.1) is 12.7 Å². The van der Waals surface area contributed by atoms with E-state index in [1.54, 1.807) is 24.6 Å². The summed E-state index contributed by atoms with van der Waals surface area (Å²) >= 11 is 1.39. The van der Waals surface area contributed by atoms with Crippen molar-refractivity contribution in [1.29, 1.82) is 0 Å². The number of aryl methyl sites for hydroxylation is 1. The Morgan fingerprint density at radius 1 is 1.22 bits per heavy atom. The second-order valence-corrected chi connectivity index (χ2v) is 5.90. The lowest BCUT2D eigenvalue weighted by Gasteiger charge is -2.05. The molecule has 3 N–H and O–H groups in total. The van der Waals surface area contributed by atoms with Crippen molar-refractivity contribution >= 4 is 28.5 Å². The maximum atomic E-state index is 13.4. The van der Waals surface area contributed by atoms with Crippen LogP contribution >= 0.6 is 11.3 Å². The van der Waals surface area contributed by atoms with Crippen molar-refractivity contribution < 1.29 is 4.39 Å². The molecule has 0 aliphatic rings. The van der Waals surface area contributed by atoms with E-state index in [9.17, 15) is 4.39 Å². The number of halogens is 1. The molecule has 0 atom stereocenters. The summed E-state index contributed by atoms with van der Waals surface area (Å²) in [5.74, 6) is 0.278. The van der Waals surface area contributed by atoms with Gasteiger partial charge in [0.2, 0.25) is 5.13 Å². The molecule has 0 saturated carbocycles. The van der Waals surface area contributed by atoms with E-state index in [0.29, 0.717) is 16.5 Å². The SMILES string of the molecule is Cc1cc(-c2cccc(C=NNc3nc(N)cs3)c2)ccc1F. The third-order valence-corrected chi connectivity index (χ3v) is 4.04. The molecule has 116 valence electrons. The minimum Gasteiger partial charge on any atom is -0.383 e. The topological polar surface area (TPSA) is 63.3 Å². The second kappa shape index (κ2) is 6.58. The van der Waals surface area contributed by atoms with E-state index < -0.39 is 0 Å². The number of nitrogens with one attached hydrogen (secondary N) is 1. The monoisotopic (exact) mass is 326 g/mol. The van der Waals surface area contributed by atoms with Gasteiger partial charge in [0.05, 0.1) is 6.21 Å². The van der Waals surface area contributed by atoms with E-state index in [4.69, 9.17) is 5.73 Å². The summed E-state index contributed by atoms with van der Waals surface area (Å²) in [6.45, 7) is 1.76. The van der Waals surface area contributed by atoms with Crippen molar-refractivity contribution in [2.45, 2.75) is 6.92 Å². The number of thiazole rings is 1. The fraction of sp³-hybridized carbons (Fsp3) is 0.0588. The zero-order valence-corrected chi connectivity index (χ0v) is 13.3. The predicted molar refractivity (Wildman–Crippen MR) is 94.3 cm³/mol. The molecule has 0 fully saturated rings. The lowest BCUT2D eigenvalue weighted by Crippen LogP contribution is -1.91. The molecule has 0 unspecified atom stereocenters.